The Morgan fingerprint density at radius 2 is 2.25 bits per heavy atom. The Morgan fingerprint density at radius 1 is 1.56 bits per heavy atom. The number of hydrogen-bond acceptors (Lipinski definition) is 4. The molecule has 1 N–H and O–H groups in total. The van der Waals surface area contributed by atoms with Crippen LogP contribution in [0.5, 0.6) is 0 Å². The molecule has 0 amide bonds. The van der Waals surface area contributed by atoms with Crippen molar-refractivity contribution in [2.45, 2.75) is 32.6 Å². The predicted molar refractivity (Wildman–Crippen MR) is 54.7 cm³/mol. The van der Waals surface area contributed by atoms with Gasteiger partial charge < -0.3 is 9.84 Å². The lowest BCUT2D eigenvalue weighted by Gasteiger charge is -2.18. The topological polar surface area (TPSA) is 80.7 Å². The van der Waals surface area contributed by atoms with Gasteiger partial charge in [-0.15, -0.1) is 0 Å². The third-order valence-electron chi connectivity index (χ3n) is 2.82. The number of carboxylic acids is 1. The van der Waals surface area contributed by atoms with Crippen molar-refractivity contribution in [3.05, 3.63) is 0 Å². The summed E-state index contributed by atoms with van der Waals surface area (Å²) in [6.45, 7) is 1.86. The van der Waals surface area contributed by atoms with E-state index in [1.807, 2.05) is 0 Å². The summed E-state index contributed by atoms with van der Waals surface area (Å²) in [6, 6.07) is 0. The summed E-state index contributed by atoms with van der Waals surface area (Å²) in [4.78, 5) is 33.7. The number of ether oxygens (including phenoxy) is 1. The van der Waals surface area contributed by atoms with Gasteiger partial charge in [-0.25, -0.2) is 0 Å². The summed E-state index contributed by atoms with van der Waals surface area (Å²) < 4.78 is 4.81. The van der Waals surface area contributed by atoms with Gasteiger partial charge in [-0.2, -0.15) is 0 Å². The maximum atomic E-state index is 11.6. The molecular weight excluding hydrogens is 212 g/mol. The molecule has 0 bridgehead atoms. The van der Waals surface area contributed by atoms with E-state index < -0.39 is 23.8 Å². The second-order valence-corrected chi connectivity index (χ2v) is 3.92. The number of carboxylic acid groups (broad SMARTS) is 1. The molecule has 5 heteroatoms. The van der Waals surface area contributed by atoms with Crippen molar-refractivity contribution in [1.82, 2.24) is 0 Å². The van der Waals surface area contributed by atoms with Crippen molar-refractivity contribution in [3.63, 3.8) is 0 Å². The van der Waals surface area contributed by atoms with Crippen LogP contribution in [0.1, 0.15) is 32.6 Å². The third-order valence-corrected chi connectivity index (χ3v) is 2.82. The molecule has 16 heavy (non-hydrogen) atoms. The summed E-state index contributed by atoms with van der Waals surface area (Å²) >= 11 is 0. The van der Waals surface area contributed by atoms with Crippen molar-refractivity contribution in [2.24, 2.45) is 11.8 Å². The Labute approximate surface area is 93.8 Å². The van der Waals surface area contributed by atoms with Crippen LogP contribution in [0.4, 0.5) is 0 Å². The number of Topliss-reactive ketones (excluding diaryl/α,β-unsaturated/α-hetero) is 1. The second-order valence-electron chi connectivity index (χ2n) is 3.92. The van der Waals surface area contributed by atoms with Gasteiger partial charge in [-0.3, -0.25) is 14.4 Å². The molecule has 0 aromatic rings. The molecule has 1 saturated carbocycles. The largest absolute Gasteiger partial charge is 0.481 e. The van der Waals surface area contributed by atoms with E-state index in [0.29, 0.717) is 12.8 Å². The number of hydrogen-bond donors (Lipinski definition) is 1. The molecule has 0 radical (unpaired) electrons. The zero-order valence-electron chi connectivity index (χ0n) is 9.27. The lowest BCUT2D eigenvalue weighted by atomic mass is 9.87. The summed E-state index contributed by atoms with van der Waals surface area (Å²) in [5.41, 5.74) is 0. The van der Waals surface area contributed by atoms with E-state index in [0.717, 1.165) is 6.42 Å². The predicted octanol–water partition coefficient (Wildman–Crippen LogP) is 1.01. The van der Waals surface area contributed by atoms with Crippen molar-refractivity contribution in [3.8, 4) is 0 Å². The molecule has 0 spiro atoms. The van der Waals surface area contributed by atoms with Crippen LogP contribution >= 0.6 is 0 Å². The van der Waals surface area contributed by atoms with Gasteiger partial charge in [0.05, 0.1) is 18.9 Å². The highest BCUT2D eigenvalue weighted by molar-refractivity contribution is 5.90. The van der Waals surface area contributed by atoms with Crippen LogP contribution in [0.15, 0.2) is 0 Å². The van der Waals surface area contributed by atoms with Gasteiger partial charge in [0.2, 0.25) is 0 Å². The lowest BCUT2D eigenvalue weighted by molar-refractivity contribution is -0.156. The van der Waals surface area contributed by atoms with Crippen molar-refractivity contribution in [1.29, 1.82) is 0 Å². The van der Waals surface area contributed by atoms with Gasteiger partial charge >= 0.3 is 11.9 Å². The minimum atomic E-state index is -1.07. The molecule has 90 valence electrons. The van der Waals surface area contributed by atoms with Gasteiger partial charge in [-0.05, 0) is 19.8 Å². The van der Waals surface area contributed by atoms with E-state index in [1.165, 1.54) is 0 Å². The first-order valence-corrected chi connectivity index (χ1v) is 5.47. The molecule has 0 saturated heterocycles. The van der Waals surface area contributed by atoms with Gasteiger partial charge in [0, 0.05) is 12.3 Å². The standard InChI is InChI=1S/C11H16O5/c1-2-16-11(15)8(6-10(13)14)7-4-3-5-9(7)12/h7-8H,2-6H2,1H3,(H,13,14)/t7?,8-/m1/s1. The van der Waals surface area contributed by atoms with E-state index in [9.17, 15) is 14.4 Å². The Balaban J connectivity index is 2.73. The summed E-state index contributed by atoms with van der Waals surface area (Å²) in [5, 5.41) is 8.73. The van der Waals surface area contributed by atoms with Crippen LogP contribution in [0, 0.1) is 11.8 Å². The number of aliphatic carboxylic acids is 1. The molecule has 1 aliphatic rings. The SMILES string of the molecule is CCOC(=O)[C@H](CC(=O)O)C1CCCC1=O. The fourth-order valence-corrected chi connectivity index (χ4v) is 2.10. The van der Waals surface area contributed by atoms with Crippen LogP contribution in [-0.2, 0) is 19.1 Å². The minimum Gasteiger partial charge on any atom is -0.481 e. The number of esters is 1. The summed E-state index contributed by atoms with van der Waals surface area (Å²) in [6.07, 6.45) is 1.45. The van der Waals surface area contributed by atoms with Crippen molar-refractivity contribution in [2.75, 3.05) is 6.61 Å². The van der Waals surface area contributed by atoms with Gasteiger partial charge in [-0.1, -0.05) is 0 Å². The molecule has 0 aromatic heterocycles. The van der Waals surface area contributed by atoms with Crippen molar-refractivity contribution >= 4 is 17.7 Å². The molecule has 0 heterocycles. The Bertz CT molecular complexity index is 297. The number of ketones is 1. The quantitative estimate of drug-likeness (QED) is 0.710. The fraction of sp³-hybridized carbons (Fsp3) is 0.727. The van der Waals surface area contributed by atoms with Crippen molar-refractivity contribution < 1.29 is 24.2 Å². The number of carbonyl (C=O) groups is 3. The Hall–Kier alpha value is -1.39. The number of rotatable bonds is 5. The van der Waals surface area contributed by atoms with Crippen LogP contribution in [-0.4, -0.2) is 29.4 Å². The minimum absolute atomic E-state index is 0.0145. The highest BCUT2D eigenvalue weighted by Gasteiger charge is 2.38. The summed E-state index contributed by atoms with van der Waals surface area (Å²) in [5.74, 6) is -2.93. The van der Waals surface area contributed by atoms with E-state index >= 15 is 0 Å². The van der Waals surface area contributed by atoms with Gasteiger partial charge in [0.1, 0.15) is 5.78 Å². The van der Waals surface area contributed by atoms with E-state index in [2.05, 4.69) is 0 Å². The first-order chi connectivity index (χ1) is 7.56. The monoisotopic (exact) mass is 228 g/mol. The molecule has 0 aromatic carbocycles. The zero-order chi connectivity index (χ0) is 12.1. The van der Waals surface area contributed by atoms with E-state index in [1.54, 1.807) is 6.92 Å². The molecule has 5 nitrogen and oxygen atoms in total. The maximum Gasteiger partial charge on any atom is 0.310 e. The Kier molecular flexibility index (Phi) is 4.46. The fourth-order valence-electron chi connectivity index (χ4n) is 2.10. The average Bonchev–Trinajstić information content (AvgIpc) is 2.61. The number of carbonyl (C=O) groups excluding carboxylic acids is 2. The maximum absolute atomic E-state index is 11.6. The molecular formula is C11H16O5. The smallest absolute Gasteiger partial charge is 0.310 e. The van der Waals surface area contributed by atoms with Crippen LogP contribution in [0.3, 0.4) is 0 Å². The molecule has 0 aliphatic heterocycles. The van der Waals surface area contributed by atoms with Crippen LogP contribution in [0.25, 0.3) is 0 Å². The third kappa shape index (κ3) is 3.05. The molecule has 1 fully saturated rings. The molecule has 2 atom stereocenters. The van der Waals surface area contributed by atoms with Gasteiger partial charge in [0.25, 0.3) is 0 Å². The van der Waals surface area contributed by atoms with Gasteiger partial charge in [0.15, 0.2) is 0 Å². The summed E-state index contributed by atoms with van der Waals surface area (Å²) in [7, 11) is 0. The zero-order valence-corrected chi connectivity index (χ0v) is 9.27. The Morgan fingerprint density at radius 3 is 2.69 bits per heavy atom. The molecule has 1 aliphatic carbocycles. The molecule has 1 unspecified atom stereocenters. The highest BCUT2D eigenvalue weighted by Crippen LogP contribution is 2.31. The van der Waals surface area contributed by atoms with E-state index in [4.69, 9.17) is 9.84 Å². The molecule has 1 rings (SSSR count). The first-order valence-electron chi connectivity index (χ1n) is 5.47. The van der Waals surface area contributed by atoms with E-state index in [-0.39, 0.29) is 18.8 Å². The average molecular weight is 228 g/mol. The normalized spacial score (nSPS) is 21.8. The highest BCUT2D eigenvalue weighted by atomic mass is 16.5. The van der Waals surface area contributed by atoms with Crippen LogP contribution in [0.2, 0.25) is 0 Å². The lowest BCUT2D eigenvalue weighted by Crippen LogP contribution is -2.30. The first kappa shape index (κ1) is 12.7. The van der Waals surface area contributed by atoms with Crippen LogP contribution < -0.4 is 0 Å². The second kappa shape index (κ2) is 5.63.